The minimum atomic E-state index is -0.342. The number of hydrogen-bond donors (Lipinski definition) is 1. The van der Waals surface area contributed by atoms with Gasteiger partial charge in [-0.3, -0.25) is 0 Å². The minimum Gasteiger partial charge on any atom is -1.00 e. The van der Waals surface area contributed by atoms with Gasteiger partial charge in [0.15, 0.2) is 0 Å². The maximum Gasteiger partial charge on any atom is 0.337 e. The van der Waals surface area contributed by atoms with Crippen molar-refractivity contribution in [2.45, 2.75) is 6.42 Å². The smallest absolute Gasteiger partial charge is 0.337 e. The molecule has 0 fully saturated rings. The first-order valence-electron chi connectivity index (χ1n) is 4.50. The van der Waals surface area contributed by atoms with Crippen LogP contribution in [0.5, 0.6) is 0 Å². The molecule has 0 aliphatic rings. The number of ether oxygens (including phenoxy) is 2. The van der Waals surface area contributed by atoms with Crippen molar-refractivity contribution in [3.63, 3.8) is 0 Å². The van der Waals surface area contributed by atoms with Crippen LogP contribution in [0.2, 0.25) is 0 Å². The Morgan fingerprint density at radius 1 is 1.19 bits per heavy atom. The van der Waals surface area contributed by atoms with Crippen LogP contribution >= 0.6 is 0 Å². The molecule has 0 saturated carbocycles. The third kappa shape index (κ3) is 3.90. The first-order valence-corrected chi connectivity index (χ1v) is 4.50. The van der Waals surface area contributed by atoms with Crippen LogP contribution < -0.4 is 17.8 Å². The van der Waals surface area contributed by atoms with E-state index in [2.05, 4.69) is 4.74 Å². The van der Waals surface area contributed by atoms with E-state index < -0.39 is 0 Å². The third-order valence-corrected chi connectivity index (χ3v) is 2.02. The van der Waals surface area contributed by atoms with E-state index in [4.69, 9.17) is 10.1 Å². The van der Waals surface area contributed by atoms with Crippen molar-refractivity contribution in [3.8, 4) is 0 Å². The first kappa shape index (κ1) is 14.5. The number of rotatable bonds is 3. The van der Waals surface area contributed by atoms with Crippen molar-refractivity contribution >= 4 is 11.9 Å². The van der Waals surface area contributed by atoms with Crippen LogP contribution in [0.4, 0.5) is 0 Å². The Hall–Kier alpha value is -1.55. The van der Waals surface area contributed by atoms with Crippen LogP contribution in [-0.2, 0) is 15.9 Å². The lowest BCUT2D eigenvalue weighted by Gasteiger charge is -2.01. The number of esters is 1. The van der Waals surface area contributed by atoms with Crippen molar-refractivity contribution in [2.75, 3.05) is 14.2 Å². The third-order valence-electron chi connectivity index (χ3n) is 2.02. The number of hydrogen-bond acceptors (Lipinski definition) is 3. The second-order valence-corrected chi connectivity index (χ2v) is 3.04. The molecule has 0 unspecified atom stereocenters. The standard InChI is InChI=1S/C11H13NO3.ClH/c1-14-10(12)7-8-3-5-9(6-4-8)11(13)15-2;/h3-6,12H,7H2,1-2H3;1H. The molecule has 4 nitrogen and oxygen atoms in total. The van der Waals surface area contributed by atoms with Gasteiger partial charge in [-0.2, -0.15) is 0 Å². The number of carbonyl (C=O) groups is 1. The highest BCUT2D eigenvalue weighted by Gasteiger charge is 2.07. The van der Waals surface area contributed by atoms with Gasteiger partial charge in [0.2, 0.25) is 0 Å². The van der Waals surface area contributed by atoms with Gasteiger partial charge in [-0.1, -0.05) is 12.1 Å². The normalized spacial score (nSPS) is 8.88. The highest BCUT2D eigenvalue weighted by atomic mass is 35.5. The summed E-state index contributed by atoms with van der Waals surface area (Å²) in [5, 5.41) is 5.53. The fraction of sp³-hybridized carbons (Fsp3) is 0.273. The monoisotopic (exact) mass is 243 g/mol. The number of halogens is 1. The van der Waals surface area contributed by atoms with Gasteiger partial charge in [-0.15, -0.1) is 0 Å². The Bertz CT molecular complexity index is 362. The molecule has 0 aliphatic carbocycles. The summed E-state index contributed by atoms with van der Waals surface area (Å²) in [6.07, 6.45) is 0.540. The topological polar surface area (TPSA) is 61.1 Å². The van der Waals surface area contributed by atoms with Gasteiger partial charge in [-0.05, 0) is 17.7 Å². The second-order valence-electron chi connectivity index (χ2n) is 3.04. The van der Waals surface area contributed by atoms with Crippen LogP contribution in [0.3, 0.4) is 0 Å². The zero-order chi connectivity index (χ0) is 11.3. The van der Waals surface area contributed by atoms with Crippen molar-refractivity contribution in [3.05, 3.63) is 35.4 Å². The van der Waals surface area contributed by atoms with Crippen molar-refractivity contribution in [1.29, 1.82) is 0 Å². The van der Waals surface area contributed by atoms with Crippen molar-refractivity contribution in [1.82, 2.24) is 0 Å². The van der Waals surface area contributed by atoms with Crippen LogP contribution in [0, 0.1) is 0 Å². The predicted octanol–water partition coefficient (Wildman–Crippen LogP) is -3.18. The Kier molecular flexibility index (Phi) is 6.18. The summed E-state index contributed by atoms with van der Waals surface area (Å²) in [5.41, 5.74) is 1.51. The quantitative estimate of drug-likeness (QED) is 0.346. The molecule has 1 aromatic rings. The predicted molar refractivity (Wildman–Crippen MR) is 55.4 cm³/mol. The summed E-state index contributed by atoms with van der Waals surface area (Å²) in [6.45, 7) is 0. The lowest BCUT2D eigenvalue weighted by molar-refractivity contribution is -0.139. The van der Waals surface area contributed by atoms with E-state index >= 15 is 0 Å². The molecule has 5 heteroatoms. The first-order chi connectivity index (χ1) is 7.17. The van der Waals surface area contributed by atoms with E-state index in [1.807, 2.05) is 12.1 Å². The summed E-state index contributed by atoms with van der Waals surface area (Å²) in [6, 6.07) is 7.03. The zero-order valence-corrected chi connectivity index (χ0v) is 9.95. The van der Waals surface area contributed by atoms with E-state index in [1.54, 1.807) is 12.1 Å². The summed E-state index contributed by atoms with van der Waals surface area (Å²) in [5.74, 6) is 0.103. The van der Waals surface area contributed by atoms with Crippen LogP contribution in [0.25, 0.3) is 0 Å². The lowest BCUT2D eigenvalue weighted by Crippen LogP contribution is -3.00. The molecule has 0 radical (unpaired) electrons. The van der Waals surface area contributed by atoms with Crippen molar-refractivity contribution < 1.29 is 32.1 Å². The van der Waals surface area contributed by atoms with Gasteiger partial charge < -0.3 is 21.9 Å². The van der Waals surface area contributed by atoms with E-state index in [0.29, 0.717) is 17.9 Å². The zero-order valence-electron chi connectivity index (χ0n) is 9.20. The van der Waals surface area contributed by atoms with Crippen LogP contribution in [-0.4, -0.2) is 26.1 Å². The van der Waals surface area contributed by atoms with Crippen LogP contribution in [0.15, 0.2) is 24.3 Å². The molecule has 0 bridgehead atoms. The highest BCUT2D eigenvalue weighted by molar-refractivity contribution is 5.89. The largest absolute Gasteiger partial charge is 1.00 e. The average Bonchev–Trinajstić information content (AvgIpc) is 2.29. The van der Waals surface area contributed by atoms with Gasteiger partial charge in [0.05, 0.1) is 26.2 Å². The number of benzene rings is 1. The van der Waals surface area contributed by atoms with Gasteiger partial charge in [-0.25, -0.2) is 10.2 Å². The fourth-order valence-corrected chi connectivity index (χ4v) is 1.15. The Labute approximate surface area is 100 Å². The number of carbonyl (C=O) groups excluding carboxylic acids is 1. The van der Waals surface area contributed by atoms with Gasteiger partial charge in [0.25, 0.3) is 0 Å². The van der Waals surface area contributed by atoms with Crippen molar-refractivity contribution in [2.24, 2.45) is 0 Å². The van der Waals surface area contributed by atoms with E-state index in [1.165, 1.54) is 14.2 Å². The Balaban J connectivity index is 0.00000225. The molecule has 0 spiro atoms. The molecule has 0 heterocycles. The molecule has 0 atom stereocenters. The molecular weight excluding hydrogens is 230 g/mol. The Morgan fingerprint density at radius 3 is 2.19 bits per heavy atom. The molecule has 0 aliphatic heterocycles. The molecule has 1 rings (SSSR count). The molecule has 16 heavy (non-hydrogen) atoms. The van der Waals surface area contributed by atoms with Crippen LogP contribution in [0.1, 0.15) is 15.9 Å². The number of nitrogens with two attached hydrogens (primary N) is 1. The Morgan fingerprint density at radius 2 is 1.75 bits per heavy atom. The lowest BCUT2D eigenvalue weighted by atomic mass is 10.1. The average molecular weight is 244 g/mol. The maximum absolute atomic E-state index is 11.1. The van der Waals surface area contributed by atoms with Gasteiger partial charge in [0.1, 0.15) is 0 Å². The minimum absolute atomic E-state index is 0. The molecule has 0 aromatic heterocycles. The molecule has 88 valence electrons. The molecule has 0 amide bonds. The summed E-state index contributed by atoms with van der Waals surface area (Å²) in [7, 11) is 2.88. The number of methoxy groups -OCH3 is 2. The highest BCUT2D eigenvalue weighted by Crippen LogP contribution is 2.06. The molecule has 2 N–H and O–H groups in total. The molecule has 0 saturated heterocycles. The van der Waals surface area contributed by atoms with E-state index in [-0.39, 0.29) is 18.4 Å². The summed E-state index contributed by atoms with van der Waals surface area (Å²) >= 11 is 0. The summed E-state index contributed by atoms with van der Waals surface area (Å²) in [4.78, 5) is 11.1. The summed E-state index contributed by atoms with van der Waals surface area (Å²) < 4.78 is 9.44. The van der Waals surface area contributed by atoms with E-state index in [0.717, 1.165) is 5.56 Å². The second kappa shape index (κ2) is 6.85. The van der Waals surface area contributed by atoms with Gasteiger partial charge >= 0.3 is 11.9 Å². The van der Waals surface area contributed by atoms with Gasteiger partial charge in [0, 0.05) is 0 Å². The SMILES string of the molecule is COC(=[NH2+])Cc1ccc(C(=O)OC)cc1.[Cl-]. The molecular formula is C11H14ClNO3. The molecule has 1 aromatic carbocycles. The fourth-order valence-electron chi connectivity index (χ4n) is 1.15. The van der Waals surface area contributed by atoms with E-state index in [9.17, 15) is 4.79 Å². The maximum atomic E-state index is 11.1.